The molecule has 5 aromatic carbocycles. The summed E-state index contributed by atoms with van der Waals surface area (Å²) in [6.07, 6.45) is 0. The predicted molar refractivity (Wildman–Crippen MR) is 177 cm³/mol. The Morgan fingerprint density at radius 3 is 1.56 bits per heavy atom. The Bertz CT molecular complexity index is 1880. The minimum absolute atomic E-state index is 0.216. The molecule has 6 rings (SSSR count). The molecule has 0 bridgehead atoms. The normalized spacial score (nSPS) is 17.3. The maximum atomic E-state index is 14.5. The van der Waals surface area contributed by atoms with Gasteiger partial charge in [0.2, 0.25) is 17.3 Å². The highest BCUT2D eigenvalue weighted by Crippen LogP contribution is 2.52. The fraction of sp³-hybridized carbons (Fsp3) is 0.100. The van der Waals surface area contributed by atoms with Gasteiger partial charge in [0, 0.05) is 22.3 Å². The second-order valence-electron chi connectivity index (χ2n) is 11.1. The highest BCUT2D eigenvalue weighted by Gasteiger charge is 2.51. The van der Waals surface area contributed by atoms with E-state index in [1.807, 2.05) is 79.7 Å². The van der Waals surface area contributed by atoms with Crippen molar-refractivity contribution in [1.29, 1.82) is 0 Å². The van der Waals surface area contributed by atoms with E-state index in [0.717, 1.165) is 11.1 Å². The summed E-state index contributed by atoms with van der Waals surface area (Å²) >= 11 is 0. The molecular formula is C40H31NO4. The van der Waals surface area contributed by atoms with Crippen molar-refractivity contribution < 1.29 is 19.1 Å². The molecular weight excluding hydrogens is 558 g/mol. The smallest absolute Gasteiger partial charge is 0.215 e. The molecule has 0 spiro atoms. The van der Waals surface area contributed by atoms with Crippen LogP contribution in [0.15, 0.2) is 156 Å². The second kappa shape index (κ2) is 12.5. The van der Waals surface area contributed by atoms with Gasteiger partial charge >= 0.3 is 0 Å². The van der Waals surface area contributed by atoms with Crippen molar-refractivity contribution in [3.05, 3.63) is 185 Å². The number of ether oxygens (including phenoxy) is 1. The third kappa shape index (κ3) is 5.80. The van der Waals surface area contributed by atoms with Gasteiger partial charge in [0.1, 0.15) is 5.76 Å². The summed E-state index contributed by atoms with van der Waals surface area (Å²) in [5, 5.41) is 0. The minimum atomic E-state index is -1.54. The fourth-order valence-electron chi connectivity index (χ4n) is 5.82. The van der Waals surface area contributed by atoms with Gasteiger partial charge in [-0.3, -0.25) is 14.4 Å². The first-order chi connectivity index (χ1) is 21.9. The molecule has 5 aromatic rings. The molecule has 2 unspecified atom stereocenters. The van der Waals surface area contributed by atoms with Crippen molar-refractivity contribution in [3.8, 4) is 0 Å². The van der Waals surface area contributed by atoms with Gasteiger partial charge in [0.25, 0.3) is 0 Å². The fourth-order valence-corrected chi connectivity index (χ4v) is 5.82. The summed E-state index contributed by atoms with van der Waals surface area (Å²) in [5.74, 6) is -1.65. The number of aliphatic imine (C=N–C) groups is 1. The first-order valence-electron chi connectivity index (χ1n) is 14.8. The summed E-state index contributed by atoms with van der Waals surface area (Å²) in [4.78, 5) is 47.7. The van der Waals surface area contributed by atoms with Crippen LogP contribution in [0, 0.1) is 6.92 Å². The van der Waals surface area contributed by atoms with Crippen LogP contribution in [0.2, 0.25) is 0 Å². The van der Waals surface area contributed by atoms with Crippen LogP contribution in [0.25, 0.3) is 5.76 Å². The molecule has 5 heteroatoms. The van der Waals surface area contributed by atoms with Crippen LogP contribution in [-0.2, 0) is 4.74 Å². The summed E-state index contributed by atoms with van der Waals surface area (Å²) in [6, 6.07) is 43.4. The lowest BCUT2D eigenvalue weighted by Crippen LogP contribution is -2.36. The molecule has 2 atom stereocenters. The van der Waals surface area contributed by atoms with Gasteiger partial charge in [-0.1, -0.05) is 146 Å². The van der Waals surface area contributed by atoms with Crippen molar-refractivity contribution >= 4 is 28.8 Å². The molecule has 1 heterocycles. The standard InChI is InChI=1S/C40H31NO4/c1-27-17-15-16-26-32(27)34-33(36(42)28-18-7-3-8-19-28)39(31-24-13-6-14-25-31)45-40(34,2)41-35(37(43)29-20-9-4-10-21-29)38(44)30-22-11-5-12-23-30/h3-26,34H,1-2H3. The molecule has 0 amide bonds. The third-order valence-corrected chi connectivity index (χ3v) is 8.03. The zero-order valence-corrected chi connectivity index (χ0v) is 25.0. The molecule has 0 radical (unpaired) electrons. The van der Waals surface area contributed by atoms with Gasteiger partial charge in [-0.05, 0) is 25.0 Å². The summed E-state index contributed by atoms with van der Waals surface area (Å²) < 4.78 is 6.78. The van der Waals surface area contributed by atoms with E-state index in [4.69, 9.17) is 9.73 Å². The number of ketones is 3. The van der Waals surface area contributed by atoms with E-state index in [1.54, 1.807) is 79.7 Å². The van der Waals surface area contributed by atoms with Crippen molar-refractivity contribution in [2.75, 3.05) is 0 Å². The second-order valence-corrected chi connectivity index (χ2v) is 11.1. The van der Waals surface area contributed by atoms with Gasteiger partial charge in [-0.25, -0.2) is 4.99 Å². The summed E-state index contributed by atoms with van der Waals surface area (Å²) in [5.41, 5.74) is 2.18. The first kappa shape index (κ1) is 29.4. The van der Waals surface area contributed by atoms with E-state index in [2.05, 4.69) is 0 Å². The number of hydrogen-bond acceptors (Lipinski definition) is 5. The van der Waals surface area contributed by atoms with Crippen molar-refractivity contribution in [3.63, 3.8) is 0 Å². The SMILES string of the molecule is Cc1ccccc1C1C(C(=O)c2ccccc2)=C(c2ccccc2)OC1(C)N=C(C(=O)c1ccccc1)C(=O)c1ccccc1. The lowest BCUT2D eigenvalue weighted by molar-refractivity contribution is 0.0698. The van der Waals surface area contributed by atoms with Gasteiger partial charge in [-0.2, -0.15) is 0 Å². The molecule has 0 saturated carbocycles. The number of Topliss-reactive ketones (excluding diaryl/α,β-unsaturated/α-hetero) is 3. The largest absolute Gasteiger partial charge is 0.464 e. The van der Waals surface area contributed by atoms with E-state index in [0.29, 0.717) is 33.6 Å². The zero-order valence-electron chi connectivity index (χ0n) is 25.0. The van der Waals surface area contributed by atoms with E-state index in [9.17, 15) is 14.4 Å². The van der Waals surface area contributed by atoms with Crippen molar-refractivity contribution in [2.24, 2.45) is 4.99 Å². The van der Waals surface area contributed by atoms with Gasteiger partial charge < -0.3 is 4.74 Å². The van der Waals surface area contributed by atoms with Crippen LogP contribution >= 0.6 is 0 Å². The monoisotopic (exact) mass is 589 g/mol. The molecule has 45 heavy (non-hydrogen) atoms. The molecule has 0 fully saturated rings. The maximum absolute atomic E-state index is 14.5. The van der Waals surface area contributed by atoms with Gasteiger partial charge in [0.15, 0.2) is 11.5 Å². The number of carbonyl (C=O) groups excluding carboxylic acids is 3. The third-order valence-electron chi connectivity index (χ3n) is 8.03. The Kier molecular flexibility index (Phi) is 8.17. The van der Waals surface area contributed by atoms with Crippen LogP contribution in [0.3, 0.4) is 0 Å². The molecule has 0 N–H and O–H groups in total. The lowest BCUT2D eigenvalue weighted by atomic mass is 9.79. The van der Waals surface area contributed by atoms with Crippen LogP contribution < -0.4 is 0 Å². The molecule has 220 valence electrons. The number of aryl methyl sites for hydroxylation is 1. The molecule has 1 aliphatic rings. The Balaban J connectivity index is 1.62. The summed E-state index contributed by atoms with van der Waals surface area (Å²) in [6.45, 7) is 3.71. The van der Waals surface area contributed by atoms with Crippen LogP contribution in [0.4, 0.5) is 0 Å². The average Bonchev–Trinajstić information content (AvgIpc) is 3.40. The Morgan fingerprint density at radius 1 is 0.600 bits per heavy atom. The van der Waals surface area contributed by atoms with Crippen LogP contribution in [-0.4, -0.2) is 28.8 Å². The lowest BCUT2D eigenvalue weighted by Gasteiger charge is -2.30. The topological polar surface area (TPSA) is 72.8 Å². The predicted octanol–water partition coefficient (Wildman–Crippen LogP) is 8.33. The Labute approximate surface area is 262 Å². The number of benzene rings is 5. The summed E-state index contributed by atoms with van der Waals surface area (Å²) in [7, 11) is 0. The molecule has 0 aromatic heterocycles. The number of carbonyl (C=O) groups is 3. The minimum Gasteiger partial charge on any atom is -0.464 e. The maximum Gasteiger partial charge on any atom is 0.215 e. The Morgan fingerprint density at radius 2 is 1.04 bits per heavy atom. The molecule has 5 nitrogen and oxygen atoms in total. The van der Waals surface area contributed by atoms with Gasteiger partial charge in [-0.15, -0.1) is 0 Å². The number of nitrogens with zero attached hydrogens (tertiary/aromatic N) is 1. The molecule has 0 aliphatic carbocycles. The quantitative estimate of drug-likeness (QED) is 0.0985. The van der Waals surface area contributed by atoms with Crippen molar-refractivity contribution in [2.45, 2.75) is 25.5 Å². The number of hydrogen-bond donors (Lipinski definition) is 0. The Hall–Kier alpha value is -5.68. The van der Waals surface area contributed by atoms with E-state index in [1.165, 1.54) is 0 Å². The first-order valence-corrected chi connectivity index (χ1v) is 14.8. The highest BCUT2D eigenvalue weighted by atomic mass is 16.5. The van der Waals surface area contributed by atoms with E-state index >= 15 is 0 Å². The van der Waals surface area contributed by atoms with Crippen LogP contribution in [0.5, 0.6) is 0 Å². The number of rotatable bonds is 9. The van der Waals surface area contributed by atoms with Crippen LogP contribution in [0.1, 0.15) is 60.6 Å². The van der Waals surface area contributed by atoms with E-state index in [-0.39, 0.29) is 11.5 Å². The highest BCUT2D eigenvalue weighted by molar-refractivity contribution is 6.72. The van der Waals surface area contributed by atoms with E-state index < -0.39 is 23.2 Å². The van der Waals surface area contributed by atoms with Crippen molar-refractivity contribution in [1.82, 2.24) is 0 Å². The van der Waals surface area contributed by atoms with Gasteiger partial charge in [0.05, 0.1) is 11.5 Å². The zero-order chi connectivity index (χ0) is 31.4. The molecule has 0 saturated heterocycles. The molecule has 1 aliphatic heterocycles. The average molecular weight is 590 g/mol.